The van der Waals surface area contributed by atoms with E-state index in [1.807, 2.05) is 0 Å². The average molecular weight is 202 g/mol. The zero-order chi connectivity index (χ0) is 10.8. The maximum atomic E-state index is 5.79. The lowest BCUT2D eigenvalue weighted by molar-refractivity contribution is 0.656. The van der Waals surface area contributed by atoms with E-state index in [2.05, 4.69) is 43.1 Å². The van der Waals surface area contributed by atoms with Gasteiger partial charge in [-0.05, 0) is 25.0 Å². The second-order valence-corrected chi connectivity index (χ2v) is 4.05. The van der Waals surface area contributed by atoms with Gasteiger partial charge in [0.25, 0.3) is 0 Å². The number of nitrogens with two attached hydrogens (primary N) is 1. The molecule has 80 valence electrons. The molecular formula is C13H18N2. The molecule has 0 amide bonds. The van der Waals surface area contributed by atoms with Crippen LogP contribution >= 0.6 is 0 Å². The molecule has 0 spiro atoms. The van der Waals surface area contributed by atoms with Crippen molar-refractivity contribution >= 4 is 10.9 Å². The van der Waals surface area contributed by atoms with Crippen LogP contribution in [0.5, 0.6) is 0 Å². The summed E-state index contributed by atoms with van der Waals surface area (Å²) in [5.74, 6) is 0.456. The number of H-pyrrole nitrogens is 1. The number of para-hydroxylation sites is 1. The van der Waals surface area contributed by atoms with Crippen molar-refractivity contribution < 1.29 is 0 Å². The summed E-state index contributed by atoms with van der Waals surface area (Å²) < 4.78 is 0. The van der Waals surface area contributed by atoms with Gasteiger partial charge in [0, 0.05) is 29.1 Å². The topological polar surface area (TPSA) is 41.8 Å². The highest BCUT2D eigenvalue weighted by atomic mass is 14.7. The Labute approximate surface area is 90.5 Å². The molecule has 2 aromatic rings. The molecule has 2 nitrogen and oxygen atoms in total. The lowest BCUT2D eigenvalue weighted by Crippen LogP contribution is -2.12. The van der Waals surface area contributed by atoms with Crippen molar-refractivity contribution in [2.45, 2.75) is 26.2 Å². The summed E-state index contributed by atoms with van der Waals surface area (Å²) in [6.07, 6.45) is 1.09. The van der Waals surface area contributed by atoms with Crippen LogP contribution in [-0.4, -0.2) is 11.5 Å². The maximum absolute atomic E-state index is 5.79. The van der Waals surface area contributed by atoms with E-state index in [1.165, 1.54) is 22.2 Å². The first kappa shape index (κ1) is 10.2. The minimum absolute atomic E-state index is 0.456. The third-order valence-electron chi connectivity index (χ3n) is 3.19. The Hall–Kier alpha value is -1.28. The number of fused-ring (bicyclic) bond motifs is 1. The fourth-order valence-electron chi connectivity index (χ4n) is 2.20. The van der Waals surface area contributed by atoms with Crippen LogP contribution in [-0.2, 0) is 0 Å². The van der Waals surface area contributed by atoms with Gasteiger partial charge in [-0.15, -0.1) is 0 Å². The van der Waals surface area contributed by atoms with E-state index in [0.717, 1.165) is 6.42 Å². The fraction of sp³-hybridized carbons (Fsp3) is 0.385. The fourth-order valence-corrected chi connectivity index (χ4v) is 2.20. The zero-order valence-corrected chi connectivity index (χ0v) is 9.38. The lowest BCUT2D eigenvalue weighted by atomic mass is 9.99. The highest BCUT2D eigenvalue weighted by Gasteiger charge is 2.14. The van der Waals surface area contributed by atoms with Gasteiger partial charge in [-0.1, -0.05) is 25.1 Å². The van der Waals surface area contributed by atoms with Gasteiger partial charge in [-0.2, -0.15) is 0 Å². The monoisotopic (exact) mass is 202 g/mol. The van der Waals surface area contributed by atoms with Crippen molar-refractivity contribution in [2.75, 3.05) is 6.54 Å². The number of rotatable bonds is 3. The first-order valence-electron chi connectivity index (χ1n) is 5.55. The summed E-state index contributed by atoms with van der Waals surface area (Å²) >= 11 is 0. The van der Waals surface area contributed by atoms with Gasteiger partial charge in [-0.25, -0.2) is 0 Å². The summed E-state index contributed by atoms with van der Waals surface area (Å²) in [6.45, 7) is 5.07. The van der Waals surface area contributed by atoms with Crippen LogP contribution in [0.15, 0.2) is 24.3 Å². The third-order valence-corrected chi connectivity index (χ3v) is 3.19. The van der Waals surface area contributed by atoms with Crippen molar-refractivity contribution in [3.63, 3.8) is 0 Å². The summed E-state index contributed by atoms with van der Waals surface area (Å²) in [4.78, 5) is 3.49. The molecule has 1 aromatic carbocycles. The standard InChI is InChI=1S/C13H18N2/c1-3-10(8-14)13-9(2)11-6-4-5-7-12(11)15-13/h4-7,10,15H,3,8,14H2,1-2H3. The number of aromatic amines is 1. The molecule has 3 N–H and O–H groups in total. The second kappa shape index (κ2) is 4.07. The molecule has 0 aliphatic carbocycles. The summed E-state index contributed by atoms with van der Waals surface area (Å²) in [6, 6.07) is 8.42. The minimum atomic E-state index is 0.456. The van der Waals surface area contributed by atoms with Crippen LogP contribution in [0.4, 0.5) is 0 Å². The number of nitrogens with one attached hydrogen (secondary N) is 1. The van der Waals surface area contributed by atoms with Crippen molar-refractivity contribution in [1.82, 2.24) is 4.98 Å². The molecule has 0 fully saturated rings. The van der Waals surface area contributed by atoms with E-state index >= 15 is 0 Å². The number of benzene rings is 1. The summed E-state index contributed by atoms with van der Waals surface area (Å²) in [5, 5.41) is 1.32. The van der Waals surface area contributed by atoms with Gasteiger partial charge >= 0.3 is 0 Å². The molecular weight excluding hydrogens is 184 g/mol. The van der Waals surface area contributed by atoms with Crippen LogP contribution in [0.2, 0.25) is 0 Å². The smallest absolute Gasteiger partial charge is 0.0458 e. The summed E-state index contributed by atoms with van der Waals surface area (Å²) in [7, 11) is 0. The quantitative estimate of drug-likeness (QED) is 0.789. The van der Waals surface area contributed by atoms with E-state index in [4.69, 9.17) is 5.73 Å². The number of hydrogen-bond donors (Lipinski definition) is 2. The van der Waals surface area contributed by atoms with Crippen molar-refractivity contribution in [1.29, 1.82) is 0 Å². The van der Waals surface area contributed by atoms with Crippen molar-refractivity contribution in [2.24, 2.45) is 5.73 Å². The molecule has 2 heteroatoms. The Kier molecular flexibility index (Phi) is 2.78. The average Bonchev–Trinajstić information content (AvgIpc) is 2.60. The molecule has 0 radical (unpaired) electrons. The Morgan fingerprint density at radius 3 is 2.67 bits per heavy atom. The van der Waals surface area contributed by atoms with Crippen LogP contribution < -0.4 is 5.73 Å². The highest BCUT2D eigenvalue weighted by molar-refractivity contribution is 5.84. The van der Waals surface area contributed by atoms with Gasteiger partial charge in [0.1, 0.15) is 0 Å². The molecule has 1 aromatic heterocycles. The molecule has 1 atom stereocenters. The van der Waals surface area contributed by atoms with Crippen LogP contribution in [0, 0.1) is 6.92 Å². The zero-order valence-electron chi connectivity index (χ0n) is 9.38. The molecule has 0 saturated heterocycles. The van der Waals surface area contributed by atoms with E-state index < -0.39 is 0 Å². The van der Waals surface area contributed by atoms with Crippen molar-refractivity contribution in [3.8, 4) is 0 Å². The molecule has 1 heterocycles. The van der Waals surface area contributed by atoms with E-state index in [-0.39, 0.29) is 0 Å². The molecule has 0 saturated carbocycles. The molecule has 0 bridgehead atoms. The van der Waals surface area contributed by atoms with Crippen LogP contribution in [0.3, 0.4) is 0 Å². The van der Waals surface area contributed by atoms with Gasteiger partial charge in [0.2, 0.25) is 0 Å². The lowest BCUT2D eigenvalue weighted by Gasteiger charge is -2.11. The normalized spacial score (nSPS) is 13.3. The van der Waals surface area contributed by atoms with Crippen molar-refractivity contribution in [3.05, 3.63) is 35.5 Å². The van der Waals surface area contributed by atoms with Gasteiger partial charge < -0.3 is 10.7 Å². The molecule has 1 unspecified atom stereocenters. The first-order valence-corrected chi connectivity index (χ1v) is 5.55. The predicted molar refractivity (Wildman–Crippen MR) is 65.1 cm³/mol. The molecule has 0 aliphatic rings. The van der Waals surface area contributed by atoms with Crippen LogP contribution in [0.1, 0.15) is 30.5 Å². The van der Waals surface area contributed by atoms with E-state index in [1.54, 1.807) is 0 Å². The highest BCUT2D eigenvalue weighted by Crippen LogP contribution is 2.27. The largest absolute Gasteiger partial charge is 0.358 e. The van der Waals surface area contributed by atoms with Gasteiger partial charge in [-0.3, -0.25) is 0 Å². The number of hydrogen-bond acceptors (Lipinski definition) is 1. The summed E-state index contributed by atoms with van der Waals surface area (Å²) in [5.41, 5.74) is 9.66. The Morgan fingerprint density at radius 2 is 2.07 bits per heavy atom. The number of aromatic nitrogens is 1. The molecule has 15 heavy (non-hydrogen) atoms. The first-order chi connectivity index (χ1) is 7.27. The SMILES string of the molecule is CCC(CN)c1[nH]c2ccccc2c1C. The van der Waals surface area contributed by atoms with E-state index in [9.17, 15) is 0 Å². The van der Waals surface area contributed by atoms with E-state index in [0.29, 0.717) is 12.5 Å². The predicted octanol–water partition coefficient (Wildman–Crippen LogP) is 2.93. The van der Waals surface area contributed by atoms with Gasteiger partial charge in [0.15, 0.2) is 0 Å². The third kappa shape index (κ3) is 1.65. The Bertz CT molecular complexity index is 453. The molecule has 2 rings (SSSR count). The van der Waals surface area contributed by atoms with Gasteiger partial charge in [0.05, 0.1) is 0 Å². The maximum Gasteiger partial charge on any atom is 0.0458 e. The minimum Gasteiger partial charge on any atom is -0.358 e. The second-order valence-electron chi connectivity index (χ2n) is 4.05. The van der Waals surface area contributed by atoms with Crippen LogP contribution in [0.25, 0.3) is 10.9 Å². The molecule has 0 aliphatic heterocycles. The Balaban J connectivity index is 2.57. The Morgan fingerprint density at radius 1 is 1.33 bits per heavy atom. The number of aryl methyl sites for hydroxylation is 1.